The van der Waals surface area contributed by atoms with Crippen molar-refractivity contribution in [2.24, 2.45) is 0 Å². The van der Waals surface area contributed by atoms with Gasteiger partial charge in [0, 0.05) is 13.5 Å². The Kier molecular flexibility index (Phi) is 7.37. The molecule has 0 saturated heterocycles. The van der Waals surface area contributed by atoms with Crippen molar-refractivity contribution in [3.63, 3.8) is 0 Å². The summed E-state index contributed by atoms with van der Waals surface area (Å²) in [4.78, 5) is 12.5. The first-order chi connectivity index (χ1) is 15.3. The Morgan fingerprint density at radius 3 is 2.06 bits per heavy atom. The van der Waals surface area contributed by atoms with Gasteiger partial charge in [0.05, 0.1) is 37.0 Å². The first kappa shape index (κ1) is 23.1. The van der Waals surface area contributed by atoms with Gasteiger partial charge >= 0.3 is 5.97 Å². The number of rotatable bonds is 9. The van der Waals surface area contributed by atoms with E-state index in [1.165, 1.54) is 38.4 Å². The van der Waals surface area contributed by atoms with Crippen LogP contribution in [-0.4, -0.2) is 42.3 Å². The molecule has 8 heteroatoms. The molecule has 0 bridgehead atoms. The molecule has 32 heavy (non-hydrogen) atoms. The van der Waals surface area contributed by atoms with Crippen molar-refractivity contribution in [1.82, 2.24) is 0 Å². The highest BCUT2D eigenvalue weighted by Gasteiger charge is 2.23. The van der Waals surface area contributed by atoms with Crippen LogP contribution in [0.4, 0.5) is 5.69 Å². The molecule has 0 amide bonds. The lowest BCUT2D eigenvalue weighted by Gasteiger charge is -2.20. The van der Waals surface area contributed by atoms with Crippen LogP contribution in [0.15, 0.2) is 77.7 Å². The zero-order valence-corrected chi connectivity index (χ0v) is 19.0. The lowest BCUT2D eigenvalue weighted by atomic mass is 10.1. The van der Waals surface area contributed by atoms with E-state index in [0.717, 1.165) is 15.6 Å². The molecule has 0 aliphatic carbocycles. The largest absolute Gasteiger partial charge is 0.497 e. The summed E-state index contributed by atoms with van der Waals surface area (Å²) in [5.74, 6) is 0.796. The number of esters is 1. The van der Waals surface area contributed by atoms with Gasteiger partial charge in [-0.1, -0.05) is 18.2 Å². The number of ether oxygens (including phenoxy) is 3. The molecular weight excluding hydrogens is 430 g/mol. The van der Waals surface area contributed by atoms with Gasteiger partial charge in [-0.05, 0) is 60.2 Å². The van der Waals surface area contributed by atoms with Gasteiger partial charge in [0.15, 0.2) is 0 Å². The number of sulfonamides is 1. The summed E-state index contributed by atoms with van der Waals surface area (Å²) in [7, 11) is 0.726. The number of hydrogen-bond acceptors (Lipinski definition) is 6. The van der Waals surface area contributed by atoms with Crippen molar-refractivity contribution in [2.45, 2.75) is 11.3 Å². The second-order valence-electron chi connectivity index (χ2n) is 6.93. The maximum absolute atomic E-state index is 13.0. The van der Waals surface area contributed by atoms with Gasteiger partial charge in [0.2, 0.25) is 0 Å². The molecule has 0 unspecified atom stereocenters. The molecule has 168 valence electrons. The van der Waals surface area contributed by atoms with Crippen LogP contribution in [0.25, 0.3) is 0 Å². The van der Waals surface area contributed by atoms with Crippen LogP contribution in [0.3, 0.4) is 0 Å². The smallest absolute Gasteiger partial charge is 0.338 e. The van der Waals surface area contributed by atoms with E-state index in [4.69, 9.17) is 14.2 Å². The zero-order valence-electron chi connectivity index (χ0n) is 18.1. The Labute approximate surface area is 188 Å². The highest BCUT2D eigenvalue weighted by molar-refractivity contribution is 7.92. The normalized spacial score (nSPS) is 11.0. The quantitative estimate of drug-likeness (QED) is 0.455. The molecule has 0 fully saturated rings. The summed E-state index contributed by atoms with van der Waals surface area (Å²) in [6.45, 7) is 0.174. The molecule has 0 atom stereocenters. The molecule has 3 rings (SSSR count). The fraction of sp³-hybridized carbons (Fsp3) is 0.208. The lowest BCUT2D eigenvalue weighted by Crippen LogP contribution is -2.26. The minimum atomic E-state index is -3.86. The van der Waals surface area contributed by atoms with Gasteiger partial charge in [-0.3, -0.25) is 4.31 Å². The van der Waals surface area contributed by atoms with Gasteiger partial charge in [-0.15, -0.1) is 0 Å². The molecule has 0 aromatic heterocycles. The van der Waals surface area contributed by atoms with Crippen LogP contribution in [0.5, 0.6) is 11.5 Å². The highest BCUT2D eigenvalue weighted by Crippen LogP contribution is 2.25. The fourth-order valence-electron chi connectivity index (χ4n) is 3.01. The van der Waals surface area contributed by atoms with E-state index in [1.807, 2.05) is 24.3 Å². The third-order valence-electron chi connectivity index (χ3n) is 4.95. The summed E-state index contributed by atoms with van der Waals surface area (Å²) in [6.07, 6.45) is 0.536. The molecule has 0 saturated carbocycles. The molecule has 0 aliphatic heterocycles. The summed E-state index contributed by atoms with van der Waals surface area (Å²) in [5, 5.41) is 0. The molecule has 0 radical (unpaired) electrons. The summed E-state index contributed by atoms with van der Waals surface area (Å²) in [5.41, 5.74) is 1.64. The third-order valence-corrected chi connectivity index (χ3v) is 6.73. The number of carbonyl (C=O) groups excluding carboxylic acids is 1. The van der Waals surface area contributed by atoms with Crippen molar-refractivity contribution in [2.75, 3.05) is 32.2 Å². The maximum Gasteiger partial charge on any atom is 0.338 e. The van der Waals surface area contributed by atoms with Gasteiger partial charge in [-0.25, -0.2) is 13.2 Å². The van der Waals surface area contributed by atoms with E-state index >= 15 is 0 Å². The van der Waals surface area contributed by atoms with E-state index in [2.05, 4.69) is 0 Å². The highest BCUT2D eigenvalue weighted by atomic mass is 32.2. The van der Waals surface area contributed by atoms with Crippen molar-refractivity contribution >= 4 is 21.7 Å². The van der Waals surface area contributed by atoms with E-state index < -0.39 is 16.0 Å². The van der Waals surface area contributed by atoms with Crippen LogP contribution in [0.2, 0.25) is 0 Å². The Bertz CT molecular complexity index is 1160. The standard InChI is InChI=1S/C24H25NO6S/c1-25(20-9-13-22(30-3)14-10-20)32(27,28)23-6-4-5-19(17-23)24(26)31-16-15-18-7-11-21(29-2)12-8-18/h4-14,17H,15-16H2,1-3H3. The third kappa shape index (κ3) is 5.39. The lowest BCUT2D eigenvalue weighted by molar-refractivity contribution is 0.0509. The Morgan fingerprint density at radius 1 is 0.875 bits per heavy atom. The van der Waals surface area contributed by atoms with Gasteiger partial charge < -0.3 is 14.2 Å². The van der Waals surface area contributed by atoms with Crippen molar-refractivity contribution < 1.29 is 27.4 Å². The fourth-order valence-corrected chi connectivity index (χ4v) is 4.25. The first-order valence-electron chi connectivity index (χ1n) is 9.88. The molecule has 0 spiro atoms. The number of nitrogens with zero attached hydrogens (tertiary/aromatic N) is 1. The van der Waals surface area contributed by atoms with Gasteiger partial charge in [-0.2, -0.15) is 0 Å². The summed E-state index contributed by atoms with van der Waals surface area (Å²) < 4.78 is 42.8. The molecule has 3 aromatic carbocycles. The van der Waals surface area contributed by atoms with Crippen LogP contribution in [0.1, 0.15) is 15.9 Å². The van der Waals surface area contributed by atoms with Crippen LogP contribution >= 0.6 is 0 Å². The molecular formula is C24H25NO6S. The number of benzene rings is 3. The minimum absolute atomic E-state index is 0.000391. The molecule has 0 heterocycles. The van der Waals surface area contributed by atoms with Crippen molar-refractivity contribution in [3.8, 4) is 11.5 Å². The topological polar surface area (TPSA) is 82.1 Å². The van der Waals surface area contributed by atoms with Crippen LogP contribution in [0, 0.1) is 0 Å². The van der Waals surface area contributed by atoms with E-state index in [1.54, 1.807) is 31.4 Å². The van der Waals surface area contributed by atoms with Crippen molar-refractivity contribution in [3.05, 3.63) is 83.9 Å². The monoisotopic (exact) mass is 455 g/mol. The molecule has 7 nitrogen and oxygen atoms in total. The Balaban J connectivity index is 1.67. The van der Waals surface area contributed by atoms with E-state index in [0.29, 0.717) is 17.9 Å². The van der Waals surface area contributed by atoms with Crippen LogP contribution < -0.4 is 13.8 Å². The predicted octanol–water partition coefficient (Wildman–Crippen LogP) is 3.93. The molecule has 3 aromatic rings. The Hall–Kier alpha value is -3.52. The van der Waals surface area contributed by atoms with Crippen LogP contribution in [-0.2, 0) is 21.2 Å². The molecule has 0 aliphatic rings. The number of carbonyl (C=O) groups is 1. The predicted molar refractivity (Wildman–Crippen MR) is 122 cm³/mol. The van der Waals surface area contributed by atoms with E-state index in [9.17, 15) is 13.2 Å². The Morgan fingerprint density at radius 2 is 1.47 bits per heavy atom. The number of hydrogen-bond donors (Lipinski definition) is 0. The average molecular weight is 456 g/mol. The first-order valence-corrected chi connectivity index (χ1v) is 11.3. The number of methoxy groups -OCH3 is 2. The minimum Gasteiger partial charge on any atom is -0.497 e. The summed E-state index contributed by atoms with van der Waals surface area (Å²) in [6, 6.07) is 19.9. The average Bonchev–Trinajstić information content (AvgIpc) is 2.84. The van der Waals surface area contributed by atoms with Gasteiger partial charge in [0.1, 0.15) is 11.5 Å². The number of anilines is 1. The summed E-state index contributed by atoms with van der Waals surface area (Å²) >= 11 is 0. The SMILES string of the molecule is COc1ccc(CCOC(=O)c2cccc(S(=O)(=O)N(C)c3ccc(OC)cc3)c2)cc1. The maximum atomic E-state index is 13.0. The van der Waals surface area contributed by atoms with Gasteiger partial charge in [0.25, 0.3) is 10.0 Å². The molecule has 0 N–H and O–H groups in total. The second-order valence-corrected chi connectivity index (χ2v) is 8.90. The van der Waals surface area contributed by atoms with E-state index in [-0.39, 0.29) is 17.1 Å². The second kappa shape index (κ2) is 10.2. The van der Waals surface area contributed by atoms with Crippen molar-refractivity contribution in [1.29, 1.82) is 0 Å². The zero-order chi connectivity index (χ0) is 23.1.